The third-order valence-corrected chi connectivity index (χ3v) is 3.67. The zero-order valence-corrected chi connectivity index (χ0v) is 10.7. The van der Waals surface area contributed by atoms with Crippen molar-refractivity contribution in [2.24, 2.45) is 0 Å². The van der Waals surface area contributed by atoms with Crippen molar-refractivity contribution in [3.63, 3.8) is 0 Å². The van der Waals surface area contributed by atoms with Gasteiger partial charge in [-0.15, -0.1) is 11.6 Å². The highest BCUT2D eigenvalue weighted by Crippen LogP contribution is 2.25. The van der Waals surface area contributed by atoms with Gasteiger partial charge in [-0.2, -0.15) is 0 Å². The second kappa shape index (κ2) is 5.52. The lowest BCUT2D eigenvalue weighted by Gasteiger charge is -2.15. The van der Waals surface area contributed by atoms with Gasteiger partial charge in [0.2, 0.25) is 0 Å². The third-order valence-electron chi connectivity index (χ3n) is 3.15. The van der Waals surface area contributed by atoms with Crippen LogP contribution in [0.1, 0.15) is 29.6 Å². The van der Waals surface area contributed by atoms with E-state index >= 15 is 0 Å². The van der Waals surface area contributed by atoms with Gasteiger partial charge in [0.25, 0.3) is 11.6 Å². The number of hydrogen-bond donors (Lipinski definition) is 1. The maximum absolute atomic E-state index is 13.0. The van der Waals surface area contributed by atoms with Crippen LogP contribution in [0.25, 0.3) is 0 Å². The van der Waals surface area contributed by atoms with Crippen LogP contribution in [-0.2, 0) is 0 Å². The van der Waals surface area contributed by atoms with Crippen LogP contribution in [0.3, 0.4) is 0 Å². The second-order valence-corrected chi connectivity index (χ2v) is 5.01. The molecule has 0 aliphatic heterocycles. The number of nitro benzene ring substituents is 1. The number of nitro groups is 1. The number of amides is 1. The molecule has 0 heterocycles. The summed E-state index contributed by atoms with van der Waals surface area (Å²) in [6.45, 7) is 0. The number of carbonyl (C=O) groups is 1. The topological polar surface area (TPSA) is 72.2 Å². The van der Waals surface area contributed by atoms with Gasteiger partial charge in [0, 0.05) is 6.04 Å². The van der Waals surface area contributed by atoms with E-state index in [4.69, 9.17) is 11.6 Å². The van der Waals surface area contributed by atoms with Gasteiger partial charge >= 0.3 is 0 Å². The molecule has 0 aromatic heterocycles. The van der Waals surface area contributed by atoms with Crippen molar-refractivity contribution < 1.29 is 14.1 Å². The minimum atomic E-state index is -0.773. The lowest BCUT2D eigenvalue weighted by Crippen LogP contribution is -2.38. The first-order valence-corrected chi connectivity index (χ1v) is 6.31. The average molecular weight is 287 g/mol. The Morgan fingerprint density at radius 3 is 2.79 bits per heavy atom. The molecule has 102 valence electrons. The summed E-state index contributed by atoms with van der Waals surface area (Å²) in [5, 5.41) is 13.3. The number of halogens is 2. The van der Waals surface area contributed by atoms with Crippen molar-refractivity contribution in [3.8, 4) is 0 Å². The van der Waals surface area contributed by atoms with Crippen LogP contribution >= 0.6 is 11.6 Å². The molecule has 1 amide bonds. The monoisotopic (exact) mass is 286 g/mol. The molecule has 2 atom stereocenters. The first-order valence-electron chi connectivity index (χ1n) is 5.88. The number of hydrogen-bond acceptors (Lipinski definition) is 3. The van der Waals surface area contributed by atoms with Gasteiger partial charge in [-0.3, -0.25) is 14.9 Å². The third kappa shape index (κ3) is 3.01. The maximum atomic E-state index is 13.0. The molecule has 1 fully saturated rings. The predicted octanol–water partition coefficient (Wildman–Crippen LogP) is 2.62. The van der Waals surface area contributed by atoms with E-state index in [1.807, 2.05) is 0 Å². The fraction of sp³-hybridized carbons (Fsp3) is 0.417. The average Bonchev–Trinajstić information content (AvgIpc) is 2.74. The molecule has 1 saturated carbocycles. The van der Waals surface area contributed by atoms with Gasteiger partial charge in [-0.1, -0.05) is 0 Å². The van der Waals surface area contributed by atoms with Crippen molar-refractivity contribution in [3.05, 3.63) is 39.7 Å². The summed E-state index contributed by atoms with van der Waals surface area (Å²) in [6.07, 6.45) is 2.46. The van der Waals surface area contributed by atoms with E-state index < -0.39 is 22.3 Å². The number of alkyl halides is 1. The molecule has 5 nitrogen and oxygen atoms in total. The molecule has 0 saturated heterocycles. The van der Waals surface area contributed by atoms with Crippen LogP contribution < -0.4 is 5.32 Å². The van der Waals surface area contributed by atoms with Crippen molar-refractivity contribution in [1.29, 1.82) is 0 Å². The molecule has 2 rings (SSSR count). The molecule has 0 bridgehead atoms. The van der Waals surface area contributed by atoms with Gasteiger partial charge in [0.1, 0.15) is 11.4 Å². The Bertz CT molecular complexity index is 524. The van der Waals surface area contributed by atoms with Crippen LogP contribution in [0.4, 0.5) is 10.1 Å². The first-order chi connectivity index (χ1) is 8.99. The lowest BCUT2D eigenvalue weighted by atomic mass is 10.1. The van der Waals surface area contributed by atoms with E-state index in [2.05, 4.69) is 5.32 Å². The summed E-state index contributed by atoms with van der Waals surface area (Å²) in [5.41, 5.74) is -0.691. The van der Waals surface area contributed by atoms with Crippen molar-refractivity contribution >= 4 is 23.2 Å². The van der Waals surface area contributed by atoms with Crippen molar-refractivity contribution in [1.82, 2.24) is 5.32 Å². The van der Waals surface area contributed by atoms with Crippen LogP contribution in [0, 0.1) is 15.9 Å². The summed E-state index contributed by atoms with van der Waals surface area (Å²) < 4.78 is 13.0. The SMILES string of the molecule is O=C(NC1CCCC1Cl)c1ccc(F)cc1[N+](=O)[O-]. The Balaban J connectivity index is 2.21. The normalized spacial score (nSPS) is 22.2. The van der Waals surface area contributed by atoms with Crippen molar-refractivity contribution in [2.45, 2.75) is 30.7 Å². The standard InChI is InChI=1S/C12H12ClFN2O3/c13-9-2-1-3-10(9)15-12(17)8-5-4-7(14)6-11(8)16(18)19/h4-6,9-10H,1-3H2,(H,15,17). The highest BCUT2D eigenvalue weighted by Gasteiger charge is 2.29. The Hall–Kier alpha value is -1.69. The minimum absolute atomic E-state index is 0.151. The summed E-state index contributed by atoms with van der Waals surface area (Å²) in [6, 6.07) is 2.68. The van der Waals surface area contributed by atoms with Crippen molar-refractivity contribution in [2.75, 3.05) is 0 Å². The minimum Gasteiger partial charge on any atom is -0.348 e. The molecule has 1 aliphatic rings. The van der Waals surface area contributed by atoms with E-state index in [0.29, 0.717) is 0 Å². The van der Waals surface area contributed by atoms with Gasteiger partial charge in [0.05, 0.1) is 16.4 Å². The van der Waals surface area contributed by atoms with Crippen LogP contribution in [0.15, 0.2) is 18.2 Å². The highest BCUT2D eigenvalue weighted by atomic mass is 35.5. The van der Waals surface area contributed by atoms with E-state index in [1.165, 1.54) is 0 Å². The Morgan fingerprint density at radius 1 is 1.47 bits per heavy atom. The van der Waals surface area contributed by atoms with Crippen LogP contribution in [0.5, 0.6) is 0 Å². The van der Waals surface area contributed by atoms with E-state index in [0.717, 1.165) is 37.5 Å². The molecule has 1 aliphatic carbocycles. The largest absolute Gasteiger partial charge is 0.348 e. The molecule has 0 radical (unpaired) electrons. The fourth-order valence-corrected chi connectivity index (χ4v) is 2.51. The van der Waals surface area contributed by atoms with Gasteiger partial charge < -0.3 is 5.32 Å². The molecule has 1 N–H and O–H groups in total. The van der Waals surface area contributed by atoms with Gasteiger partial charge in [-0.05, 0) is 31.4 Å². The molecular formula is C12H12ClFN2O3. The molecule has 1 aromatic rings. The second-order valence-electron chi connectivity index (χ2n) is 4.45. The number of nitrogens with one attached hydrogen (secondary N) is 1. The van der Waals surface area contributed by atoms with Crippen LogP contribution in [-0.4, -0.2) is 22.2 Å². The molecule has 1 aromatic carbocycles. The summed E-state index contributed by atoms with van der Waals surface area (Å²) in [4.78, 5) is 22.0. The van der Waals surface area contributed by atoms with Gasteiger partial charge in [0.15, 0.2) is 0 Å². The first kappa shape index (κ1) is 13.7. The number of carbonyl (C=O) groups excluding carboxylic acids is 1. The molecule has 7 heteroatoms. The quantitative estimate of drug-likeness (QED) is 0.527. The smallest absolute Gasteiger partial charge is 0.285 e. The van der Waals surface area contributed by atoms with E-state index in [-0.39, 0.29) is 17.0 Å². The molecule has 2 unspecified atom stereocenters. The molecule has 0 spiro atoms. The summed E-state index contributed by atoms with van der Waals surface area (Å²) in [5.74, 6) is -1.34. The number of rotatable bonds is 3. The predicted molar refractivity (Wildman–Crippen MR) is 67.8 cm³/mol. The number of nitrogens with zero attached hydrogens (tertiary/aromatic N) is 1. The lowest BCUT2D eigenvalue weighted by molar-refractivity contribution is -0.385. The Labute approximate surface area is 113 Å². The summed E-state index contributed by atoms with van der Waals surface area (Å²) in [7, 11) is 0. The maximum Gasteiger partial charge on any atom is 0.285 e. The zero-order chi connectivity index (χ0) is 14.0. The van der Waals surface area contributed by atoms with E-state index in [1.54, 1.807) is 0 Å². The Kier molecular flexibility index (Phi) is 3.99. The zero-order valence-electron chi connectivity index (χ0n) is 9.94. The highest BCUT2D eigenvalue weighted by molar-refractivity contribution is 6.21. The fourth-order valence-electron chi connectivity index (χ4n) is 2.17. The molecule has 19 heavy (non-hydrogen) atoms. The number of benzene rings is 1. The Morgan fingerprint density at radius 2 is 2.21 bits per heavy atom. The summed E-state index contributed by atoms with van der Waals surface area (Å²) >= 11 is 6.03. The van der Waals surface area contributed by atoms with Gasteiger partial charge in [-0.25, -0.2) is 4.39 Å². The van der Waals surface area contributed by atoms with Crippen LogP contribution in [0.2, 0.25) is 0 Å². The molecular weight excluding hydrogens is 275 g/mol. The van der Waals surface area contributed by atoms with E-state index in [9.17, 15) is 19.3 Å².